The molecule has 4 rings (SSSR count). The van der Waals surface area contributed by atoms with Gasteiger partial charge in [0.25, 0.3) is 0 Å². The van der Waals surface area contributed by atoms with E-state index in [0.717, 1.165) is 51.4 Å². The summed E-state index contributed by atoms with van der Waals surface area (Å²) in [5.74, 6) is 0. The molecule has 4 aliphatic rings. The topological polar surface area (TPSA) is 80.9 Å². The van der Waals surface area contributed by atoms with Crippen molar-refractivity contribution in [3.63, 3.8) is 0 Å². The van der Waals surface area contributed by atoms with E-state index in [-0.39, 0.29) is 50.6 Å². The Morgan fingerprint density at radius 1 is 0.320 bits per heavy atom. The van der Waals surface area contributed by atoms with Crippen molar-refractivity contribution < 1.29 is 46.6 Å². The first-order valence-corrected chi connectivity index (χ1v) is 10.3. The van der Waals surface area contributed by atoms with Gasteiger partial charge in [-0.15, -0.1) is 0 Å². The zero-order chi connectivity index (χ0) is 17.6. The maximum Gasteiger partial charge on any atom is 0.0540 e. The number of aliphatic hydroxyl groups is 4. The molecule has 4 fully saturated rings. The molecule has 0 radical (unpaired) electrons. The average Bonchev–Trinajstić information content (AvgIpc) is 3.31. The van der Waals surface area contributed by atoms with Crippen molar-refractivity contribution in [3.8, 4) is 0 Å². The number of aliphatic hydroxyl groups excluding tert-OH is 4. The molecule has 0 atom stereocenters. The Hall–Kier alpha value is 0.723. The first-order valence-electron chi connectivity index (χ1n) is 10.3. The van der Waals surface area contributed by atoms with Crippen LogP contribution in [0.15, 0.2) is 0 Å². The summed E-state index contributed by atoms with van der Waals surface area (Å²) >= 11 is 0. The van der Waals surface area contributed by atoms with Crippen LogP contribution in [-0.2, 0) is 26.2 Å². The van der Waals surface area contributed by atoms with Gasteiger partial charge in [0.15, 0.2) is 0 Å². The van der Waals surface area contributed by atoms with E-state index in [2.05, 4.69) is 0 Å². The smallest absolute Gasteiger partial charge is 0.0540 e. The van der Waals surface area contributed by atoms with Gasteiger partial charge in [-0.2, -0.15) is 0 Å². The van der Waals surface area contributed by atoms with Crippen LogP contribution in [-0.4, -0.2) is 44.8 Å². The normalized spacial score (nSPS) is 24.5. The van der Waals surface area contributed by atoms with Gasteiger partial charge in [0.05, 0.1) is 24.4 Å². The van der Waals surface area contributed by atoms with Gasteiger partial charge in [-0.3, -0.25) is 0 Å². The fraction of sp³-hybridized carbons (Fsp3) is 1.00. The van der Waals surface area contributed by atoms with Crippen LogP contribution in [0, 0.1) is 0 Å². The summed E-state index contributed by atoms with van der Waals surface area (Å²) in [6.07, 6.45) is 18.4. The molecule has 0 amide bonds. The van der Waals surface area contributed by atoms with Crippen molar-refractivity contribution in [2.45, 2.75) is 127 Å². The Balaban J connectivity index is 0.000000303. The van der Waals surface area contributed by atoms with Crippen molar-refractivity contribution in [1.82, 2.24) is 0 Å². The van der Waals surface area contributed by atoms with Gasteiger partial charge >= 0.3 is 0 Å². The minimum Gasteiger partial charge on any atom is -0.393 e. The minimum atomic E-state index is 0. The molecule has 4 aliphatic carbocycles. The van der Waals surface area contributed by atoms with Crippen LogP contribution < -0.4 is 0 Å². The van der Waals surface area contributed by atoms with Gasteiger partial charge in [0.1, 0.15) is 0 Å². The second kappa shape index (κ2) is 16.9. The zero-order valence-corrected chi connectivity index (χ0v) is 18.4. The largest absolute Gasteiger partial charge is 0.393 e. The molecule has 4 nitrogen and oxygen atoms in total. The summed E-state index contributed by atoms with van der Waals surface area (Å²) in [4.78, 5) is 0. The molecule has 4 saturated carbocycles. The van der Waals surface area contributed by atoms with Crippen molar-refractivity contribution in [1.29, 1.82) is 0 Å². The van der Waals surface area contributed by atoms with E-state index in [1.165, 1.54) is 51.4 Å². The summed E-state index contributed by atoms with van der Waals surface area (Å²) < 4.78 is 0. The van der Waals surface area contributed by atoms with E-state index in [0.29, 0.717) is 0 Å². The summed E-state index contributed by atoms with van der Waals surface area (Å²) in [5.41, 5.74) is 0. The van der Waals surface area contributed by atoms with Crippen LogP contribution in [0.3, 0.4) is 0 Å². The summed E-state index contributed by atoms with van der Waals surface area (Å²) in [7, 11) is 0. The van der Waals surface area contributed by atoms with Crippen LogP contribution in [0.25, 0.3) is 0 Å². The monoisotopic (exact) mass is 434 g/mol. The predicted octanol–water partition coefficient (Wildman–Crippen LogP) is 3.68. The molecule has 0 saturated heterocycles. The standard InChI is InChI=1S/4C5H10O.Zr/c4*6-5-3-1-2-4-5;/h4*5-6H,1-4H2;. The molecule has 0 aromatic heterocycles. The van der Waals surface area contributed by atoms with Crippen LogP contribution >= 0.6 is 0 Å². The van der Waals surface area contributed by atoms with Crippen LogP contribution in [0.1, 0.15) is 103 Å². The van der Waals surface area contributed by atoms with Crippen molar-refractivity contribution in [3.05, 3.63) is 0 Å². The van der Waals surface area contributed by atoms with Gasteiger partial charge in [-0.1, -0.05) is 51.4 Å². The molecule has 0 unspecified atom stereocenters. The predicted molar refractivity (Wildman–Crippen MR) is 97.9 cm³/mol. The molecule has 0 heterocycles. The van der Waals surface area contributed by atoms with E-state index in [9.17, 15) is 0 Å². The van der Waals surface area contributed by atoms with Gasteiger partial charge in [-0.25, -0.2) is 0 Å². The fourth-order valence-corrected chi connectivity index (χ4v) is 3.62. The Kier molecular flexibility index (Phi) is 17.4. The Bertz CT molecular complexity index is 211. The second-order valence-electron chi connectivity index (χ2n) is 7.75. The molecule has 0 bridgehead atoms. The van der Waals surface area contributed by atoms with Crippen LogP contribution in [0.5, 0.6) is 0 Å². The molecule has 0 aromatic rings. The first kappa shape index (κ1) is 25.7. The molecule has 4 N–H and O–H groups in total. The third-order valence-corrected chi connectivity index (χ3v) is 5.30. The first-order chi connectivity index (χ1) is 11.6. The quantitative estimate of drug-likeness (QED) is 0.468. The van der Waals surface area contributed by atoms with Crippen LogP contribution in [0.2, 0.25) is 0 Å². The minimum absolute atomic E-state index is 0. The second-order valence-corrected chi connectivity index (χ2v) is 7.75. The average molecular weight is 436 g/mol. The van der Waals surface area contributed by atoms with Crippen molar-refractivity contribution in [2.75, 3.05) is 0 Å². The maximum absolute atomic E-state index is 8.73. The molecule has 0 aliphatic heterocycles. The van der Waals surface area contributed by atoms with E-state index < -0.39 is 0 Å². The maximum atomic E-state index is 8.73. The van der Waals surface area contributed by atoms with Gasteiger partial charge in [-0.05, 0) is 51.4 Å². The Morgan fingerprint density at radius 2 is 0.440 bits per heavy atom. The summed E-state index contributed by atoms with van der Waals surface area (Å²) in [6, 6.07) is 0. The van der Waals surface area contributed by atoms with E-state index in [1.807, 2.05) is 0 Å². The SMILES string of the molecule is OC1CCCC1.OC1CCCC1.OC1CCCC1.OC1CCCC1.[Zr]. The van der Waals surface area contributed by atoms with Crippen molar-refractivity contribution in [2.24, 2.45) is 0 Å². The van der Waals surface area contributed by atoms with Crippen LogP contribution in [0.4, 0.5) is 0 Å². The Morgan fingerprint density at radius 3 is 0.480 bits per heavy atom. The zero-order valence-electron chi connectivity index (χ0n) is 15.9. The number of rotatable bonds is 0. The summed E-state index contributed by atoms with van der Waals surface area (Å²) in [5, 5.41) is 34.9. The third kappa shape index (κ3) is 15.5. The molecule has 25 heavy (non-hydrogen) atoms. The number of hydrogen-bond acceptors (Lipinski definition) is 4. The number of hydrogen-bond donors (Lipinski definition) is 4. The van der Waals surface area contributed by atoms with Gasteiger partial charge in [0, 0.05) is 26.2 Å². The van der Waals surface area contributed by atoms with E-state index >= 15 is 0 Å². The van der Waals surface area contributed by atoms with Gasteiger partial charge in [0.2, 0.25) is 0 Å². The molecule has 0 spiro atoms. The summed E-state index contributed by atoms with van der Waals surface area (Å²) in [6.45, 7) is 0. The molecule has 5 heteroatoms. The Labute approximate surface area is 173 Å². The molecular weight excluding hydrogens is 395 g/mol. The van der Waals surface area contributed by atoms with Crippen molar-refractivity contribution >= 4 is 0 Å². The van der Waals surface area contributed by atoms with E-state index in [1.54, 1.807) is 0 Å². The molecule has 0 aromatic carbocycles. The van der Waals surface area contributed by atoms with E-state index in [4.69, 9.17) is 20.4 Å². The molecular formula is C20H40O4Zr. The van der Waals surface area contributed by atoms with Gasteiger partial charge < -0.3 is 20.4 Å². The fourth-order valence-electron chi connectivity index (χ4n) is 3.62. The molecule has 148 valence electrons. The third-order valence-electron chi connectivity index (χ3n) is 5.30.